The molecule has 2 rings (SSSR count). The van der Waals surface area contributed by atoms with Crippen molar-refractivity contribution in [1.29, 1.82) is 0 Å². The predicted octanol–water partition coefficient (Wildman–Crippen LogP) is 1.93. The van der Waals surface area contributed by atoms with Gasteiger partial charge >= 0.3 is 0 Å². The van der Waals surface area contributed by atoms with Crippen molar-refractivity contribution in [2.24, 2.45) is 0 Å². The van der Waals surface area contributed by atoms with E-state index in [1.165, 1.54) is 0 Å². The first-order valence-electron chi connectivity index (χ1n) is 6.94. The summed E-state index contributed by atoms with van der Waals surface area (Å²) in [5.41, 5.74) is 1.11. The molecule has 0 aromatic heterocycles. The molecule has 1 aromatic rings. The van der Waals surface area contributed by atoms with Crippen LogP contribution in [0.4, 0.5) is 0 Å². The van der Waals surface area contributed by atoms with Gasteiger partial charge < -0.3 is 19.7 Å². The molecule has 0 radical (unpaired) electrons. The van der Waals surface area contributed by atoms with Crippen molar-refractivity contribution in [3.05, 3.63) is 23.8 Å². The molecular formula is C15H22N2O3. The molecule has 1 unspecified atom stereocenters. The molecule has 110 valence electrons. The van der Waals surface area contributed by atoms with Crippen LogP contribution in [0.2, 0.25) is 0 Å². The second-order valence-electron chi connectivity index (χ2n) is 5.15. The Morgan fingerprint density at radius 3 is 2.80 bits per heavy atom. The van der Waals surface area contributed by atoms with Crippen LogP contribution in [0.5, 0.6) is 11.5 Å². The minimum Gasteiger partial charge on any atom is -0.454 e. The maximum atomic E-state index is 11.6. The molecule has 5 nitrogen and oxygen atoms in total. The van der Waals surface area contributed by atoms with E-state index in [2.05, 4.69) is 10.2 Å². The Morgan fingerprint density at radius 1 is 1.35 bits per heavy atom. The average Bonchev–Trinajstić information content (AvgIpc) is 2.86. The number of carbonyl (C=O) groups is 1. The van der Waals surface area contributed by atoms with Crippen LogP contribution in [-0.2, 0) is 4.79 Å². The van der Waals surface area contributed by atoms with Crippen LogP contribution < -0.4 is 14.8 Å². The number of benzene rings is 1. The highest BCUT2D eigenvalue weighted by Crippen LogP contribution is 2.34. The molecule has 20 heavy (non-hydrogen) atoms. The number of nitrogens with one attached hydrogen (secondary N) is 1. The number of fused-ring (bicyclic) bond motifs is 1. The minimum atomic E-state index is 0.0973. The van der Waals surface area contributed by atoms with Gasteiger partial charge in [0.05, 0.1) is 6.04 Å². The maximum Gasteiger partial charge on any atom is 0.231 e. The fourth-order valence-electron chi connectivity index (χ4n) is 2.24. The van der Waals surface area contributed by atoms with Gasteiger partial charge in [0.2, 0.25) is 12.7 Å². The molecular weight excluding hydrogens is 256 g/mol. The number of carbonyl (C=O) groups excluding carboxylic acids is 1. The highest BCUT2D eigenvalue weighted by molar-refractivity contribution is 5.75. The van der Waals surface area contributed by atoms with Crippen LogP contribution in [0.3, 0.4) is 0 Å². The van der Waals surface area contributed by atoms with E-state index in [9.17, 15) is 4.79 Å². The Kier molecular flexibility index (Phi) is 4.84. The number of hydrogen-bond acceptors (Lipinski definition) is 4. The van der Waals surface area contributed by atoms with E-state index in [0.717, 1.165) is 23.5 Å². The van der Waals surface area contributed by atoms with Gasteiger partial charge in [-0.05, 0) is 38.2 Å². The summed E-state index contributed by atoms with van der Waals surface area (Å²) in [4.78, 5) is 13.7. The molecule has 1 heterocycles. The fraction of sp³-hybridized carbons (Fsp3) is 0.533. The summed E-state index contributed by atoms with van der Waals surface area (Å²) in [5, 5.41) is 2.98. The lowest BCUT2D eigenvalue weighted by Gasteiger charge is -2.25. The summed E-state index contributed by atoms with van der Waals surface area (Å²) >= 11 is 0. The van der Waals surface area contributed by atoms with Gasteiger partial charge in [0.25, 0.3) is 0 Å². The third-order valence-corrected chi connectivity index (χ3v) is 3.37. The highest BCUT2D eigenvalue weighted by atomic mass is 16.7. The van der Waals surface area contributed by atoms with E-state index >= 15 is 0 Å². The topological polar surface area (TPSA) is 50.8 Å². The quantitative estimate of drug-likeness (QED) is 0.864. The smallest absolute Gasteiger partial charge is 0.231 e. The second-order valence-corrected chi connectivity index (χ2v) is 5.15. The molecule has 5 heteroatoms. The molecule has 1 aromatic carbocycles. The Hall–Kier alpha value is -1.75. The zero-order valence-electron chi connectivity index (χ0n) is 12.3. The molecule has 0 aliphatic carbocycles. The molecule has 0 fully saturated rings. The molecule has 0 saturated heterocycles. The molecule has 1 aliphatic rings. The Labute approximate surface area is 119 Å². The largest absolute Gasteiger partial charge is 0.454 e. The molecule has 1 N–H and O–H groups in total. The third kappa shape index (κ3) is 3.42. The number of ether oxygens (including phenoxy) is 2. The van der Waals surface area contributed by atoms with Gasteiger partial charge in [0.1, 0.15) is 0 Å². The first-order chi connectivity index (χ1) is 9.61. The summed E-state index contributed by atoms with van der Waals surface area (Å²) < 4.78 is 10.7. The van der Waals surface area contributed by atoms with Gasteiger partial charge in [-0.2, -0.15) is 0 Å². The van der Waals surface area contributed by atoms with E-state index in [4.69, 9.17) is 9.47 Å². The third-order valence-electron chi connectivity index (χ3n) is 3.37. The van der Waals surface area contributed by atoms with Gasteiger partial charge in [-0.25, -0.2) is 0 Å². The monoisotopic (exact) mass is 278 g/mol. The average molecular weight is 278 g/mol. The lowest BCUT2D eigenvalue weighted by molar-refractivity contribution is -0.121. The Balaban J connectivity index is 2.06. The summed E-state index contributed by atoms with van der Waals surface area (Å²) in [6.07, 6.45) is 1.43. The lowest BCUT2D eigenvalue weighted by atomic mass is 10.1. The van der Waals surface area contributed by atoms with Crippen LogP contribution in [0.1, 0.15) is 31.4 Å². The maximum absolute atomic E-state index is 11.6. The van der Waals surface area contributed by atoms with E-state index in [1.54, 1.807) is 0 Å². The summed E-state index contributed by atoms with van der Waals surface area (Å²) in [6, 6.07) is 6.04. The van der Waals surface area contributed by atoms with Crippen molar-refractivity contribution in [3.63, 3.8) is 0 Å². The number of hydrogen-bond donors (Lipinski definition) is 1. The summed E-state index contributed by atoms with van der Waals surface area (Å²) in [6.45, 7) is 2.87. The van der Waals surface area contributed by atoms with Crippen LogP contribution in [0.15, 0.2) is 18.2 Å². The molecule has 1 amide bonds. The highest BCUT2D eigenvalue weighted by Gasteiger charge is 2.19. The molecule has 0 spiro atoms. The van der Waals surface area contributed by atoms with E-state index < -0.39 is 0 Å². The van der Waals surface area contributed by atoms with E-state index in [0.29, 0.717) is 13.0 Å². The van der Waals surface area contributed by atoms with Gasteiger partial charge in [0, 0.05) is 13.0 Å². The zero-order chi connectivity index (χ0) is 14.5. The van der Waals surface area contributed by atoms with Gasteiger partial charge in [-0.15, -0.1) is 0 Å². The fourth-order valence-corrected chi connectivity index (χ4v) is 2.24. The van der Waals surface area contributed by atoms with Crippen LogP contribution in [0.25, 0.3) is 0 Å². The lowest BCUT2D eigenvalue weighted by Crippen LogP contribution is -2.34. The standard InChI is InChI=1S/C15H22N2O3/c1-4-5-15(18)16-9-12(17(2)3)11-6-7-13-14(8-11)20-10-19-13/h6-8,12H,4-5,9-10H2,1-3H3,(H,16,18). The van der Waals surface area contributed by atoms with Gasteiger partial charge in [-0.3, -0.25) is 4.79 Å². The number of amides is 1. The van der Waals surface area contributed by atoms with Crippen molar-refractivity contribution in [3.8, 4) is 11.5 Å². The summed E-state index contributed by atoms with van der Waals surface area (Å²) in [5.74, 6) is 1.65. The normalized spacial score (nSPS) is 14.4. The van der Waals surface area contributed by atoms with Crippen molar-refractivity contribution < 1.29 is 14.3 Å². The van der Waals surface area contributed by atoms with Crippen LogP contribution in [-0.4, -0.2) is 38.2 Å². The minimum absolute atomic E-state index is 0.0973. The first-order valence-corrected chi connectivity index (χ1v) is 6.94. The van der Waals surface area contributed by atoms with Crippen LogP contribution >= 0.6 is 0 Å². The molecule has 1 atom stereocenters. The van der Waals surface area contributed by atoms with Crippen molar-refractivity contribution >= 4 is 5.91 Å². The zero-order valence-corrected chi connectivity index (χ0v) is 12.3. The number of nitrogens with zero attached hydrogens (tertiary/aromatic N) is 1. The number of likely N-dealkylation sites (N-methyl/N-ethyl adjacent to an activating group) is 1. The van der Waals surface area contributed by atoms with Gasteiger partial charge in [-0.1, -0.05) is 13.0 Å². The van der Waals surface area contributed by atoms with Crippen molar-refractivity contribution in [2.45, 2.75) is 25.8 Å². The Bertz CT molecular complexity index is 474. The SMILES string of the molecule is CCCC(=O)NCC(c1ccc2c(c1)OCO2)N(C)C. The van der Waals surface area contributed by atoms with E-state index in [-0.39, 0.29) is 18.7 Å². The number of rotatable bonds is 6. The van der Waals surface area contributed by atoms with Crippen LogP contribution in [0, 0.1) is 0 Å². The molecule has 0 saturated carbocycles. The summed E-state index contributed by atoms with van der Waals surface area (Å²) in [7, 11) is 4.00. The molecule has 0 bridgehead atoms. The first kappa shape index (κ1) is 14.7. The molecule has 1 aliphatic heterocycles. The second kappa shape index (κ2) is 6.61. The van der Waals surface area contributed by atoms with E-state index in [1.807, 2.05) is 39.2 Å². The predicted molar refractivity (Wildman–Crippen MR) is 76.9 cm³/mol. The Morgan fingerprint density at radius 2 is 2.10 bits per heavy atom. The van der Waals surface area contributed by atoms with Crippen molar-refractivity contribution in [1.82, 2.24) is 10.2 Å². The van der Waals surface area contributed by atoms with Crippen molar-refractivity contribution in [2.75, 3.05) is 27.4 Å². The van der Waals surface area contributed by atoms with Gasteiger partial charge in [0.15, 0.2) is 11.5 Å².